The van der Waals surface area contributed by atoms with Crippen molar-refractivity contribution < 1.29 is 4.79 Å². The van der Waals surface area contributed by atoms with Crippen LogP contribution >= 0.6 is 0 Å². The Morgan fingerprint density at radius 3 is 1.96 bits per heavy atom. The minimum Gasteiger partial charge on any atom is -0.340 e. The number of carbonyl (C=O) groups is 1. The maximum Gasteiger partial charge on any atom is 0.221 e. The van der Waals surface area contributed by atoms with E-state index >= 15 is 0 Å². The smallest absolute Gasteiger partial charge is 0.221 e. The molecule has 0 spiro atoms. The standard InChI is InChI=1S/C17H16N6O/c1-12(24)21-13-2-4-14(5-3-13)22-16-10-17(20-11-19-16)23-15-6-8-18-9-7-15/h2-11H,1H3,(H,21,24)(H2,18,19,20,22,23). The molecule has 0 fully saturated rings. The van der Waals surface area contributed by atoms with Crippen molar-refractivity contribution >= 4 is 34.6 Å². The number of hydrogen-bond acceptors (Lipinski definition) is 6. The summed E-state index contributed by atoms with van der Waals surface area (Å²) < 4.78 is 0. The summed E-state index contributed by atoms with van der Waals surface area (Å²) in [4.78, 5) is 23.4. The molecule has 0 radical (unpaired) electrons. The van der Waals surface area contributed by atoms with Gasteiger partial charge in [-0.05, 0) is 36.4 Å². The summed E-state index contributed by atoms with van der Waals surface area (Å²) in [5, 5.41) is 9.10. The van der Waals surface area contributed by atoms with Crippen LogP contribution in [0.25, 0.3) is 0 Å². The first kappa shape index (κ1) is 15.4. The number of anilines is 5. The van der Waals surface area contributed by atoms with E-state index in [-0.39, 0.29) is 5.91 Å². The zero-order valence-electron chi connectivity index (χ0n) is 13.0. The monoisotopic (exact) mass is 320 g/mol. The van der Waals surface area contributed by atoms with Gasteiger partial charge in [0, 0.05) is 42.4 Å². The highest BCUT2D eigenvalue weighted by Gasteiger charge is 2.01. The SMILES string of the molecule is CC(=O)Nc1ccc(Nc2cc(Nc3ccncc3)ncn2)cc1. The van der Waals surface area contributed by atoms with E-state index in [1.807, 2.05) is 42.5 Å². The van der Waals surface area contributed by atoms with E-state index in [0.29, 0.717) is 11.6 Å². The maximum absolute atomic E-state index is 11.0. The lowest BCUT2D eigenvalue weighted by Gasteiger charge is -2.09. The highest BCUT2D eigenvalue weighted by Crippen LogP contribution is 2.20. The van der Waals surface area contributed by atoms with Crippen molar-refractivity contribution in [3.8, 4) is 0 Å². The lowest BCUT2D eigenvalue weighted by Crippen LogP contribution is -2.05. The van der Waals surface area contributed by atoms with Crippen LogP contribution in [0.5, 0.6) is 0 Å². The van der Waals surface area contributed by atoms with Gasteiger partial charge < -0.3 is 16.0 Å². The fourth-order valence-corrected chi connectivity index (χ4v) is 2.07. The fraction of sp³-hybridized carbons (Fsp3) is 0.0588. The van der Waals surface area contributed by atoms with Crippen LogP contribution in [0, 0.1) is 0 Å². The van der Waals surface area contributed by atoms with E-state index in [1.54, 1.807) is 12.4 Å². The second kappa shape index (κ2) is 7.19. The van der Waals surface area contributed by atoms with Crippen LogP contribution in [0.2, 0.25) is 0 Å². The molecule has 1 amide bonds. The number of aromatic nitrogens is 3. The van der Waals surface area contributed by atoms with Gasteiger partial charge in [-0.15, -0.1) is 0 Å². The number of amides is 1. The minimum absolute atomic E-state index is 0.0988. The summed E-state index contributed by atoms with van der Waals surface area (Å²) >= 11 is 0. The van der Waals surface area contributed by atoms with E-state index < -0.39 is 0 Å². The molecule has 7 heteroatoms. The zero-order chi connectivity index (χ0) is 16.8. The minimum atomic E-state index is -0.0988. The van der Waals surface area contributed by atoms with Crippen molar-refractivity contribution in [2.24, 2.45) is 0 Å². The summed E-state index contributed by atoms with van der Waals surface area (Å²) in [6, 6.07) is 12.9. The van der Waals surface area contributed by atoms with Gasteiger partial charge in [-0.25, -0.2) is 9.97 Å². The molecule has 0 atom stereocenters. The molecule has 0 aliphatic rings. The molecule has 24 heavy (non-hydrogen) atoms. The van der Waals surface area contributed by atoms with Gasteiger partial charge in [0.05, 0.1) is 0 Å². The third-order valence-corrected chi connectivity index (χ3v) is 3.10. The molecule has 0 aliphatic carbocycles. The molecule has 3 N–H and O–H groups in total. The van der Waals surface area contributed by atoms with Gasteiger partial charge >= 0.3 is 0 Å². The molecule has 3 aromatic rings. The van der Waals surface area contributed by atoms with Crippen molar-refractivity contribution in [1.82, 2.24) is 15.0 Å². The fourth-order valence-electron chi connectivity index (χ4n) is 2.07. The molecule has 0 saturated carbocycles. The summed E-state index contributed by atoms with van der Waals surface area (Å²) in [6.07, 6.45) is 4.90. The number of nitrogens with zero attached hydrogens (tertiary/aromatic N) is 3. The average molecular weight is 320 g/mol. The van der Waals surface area contributed by atoms with Crippen molar-refractivity contribution in [2.45, 2.75) is 6.92 Å². The van der Waals surface area contributed by atoms with Gasteiger partial charge in [0.25, 0.3) is 0 Å². The van der Waals surface area contributed by atoms with Crippen molar-refractivity contribution in [1.29, 1.82) is 0 Å². The summed E-state index contributed by atoms with van der Waals surface area (Å²) in [5.41, 5.74) is 2.50. The third kappa shape index (κ3) is 4.26. The highest BCUT2D eigenvalue weighted by atomic mass is 16.1. The van der Waals surface area contributed by atoms with Crippen molar-refractivity contribution in [2.75, 3.05) is 16.0 Å². The Kier molecular flexibility index (Phi) is 4.62. The number of pyridine rings is 1. The Bertz CT molecular complexity index is 820. The topological polar surface area (TPSA) is 91.8 Å². The molecule has 3 rings (SSSR count). The van der Waals surface area contributed by atoms with Gasteiger partial charge in [-0.3, -0.25) is 9.78 Å². The molecular formula is C17H16N6O. The van der Waals surface area contributed by atoms with Gasteiger partial charge in [-0.2, -0.15) is 0 Å². The second-order valence-electron chi connectivity index (χ2n) is 5.03. The molecule has 0 bridgehead atoms. The van der Waals surface area contributed by atoms with E-state index in [1.165, 1.54) is 13.3 Å². The summed E-state index contributed by atoms with van der Waals surface area (Å²) in [7, 11) is 0. The van der Waals surface area contributed by atoms with E-state index in [9.17, 15) is 4.79 Å². The normalized spacial score (nSPS) is 10.0. The summed E-state index contributed by atoms with van der Waals surface area (Å²) in [6.45, 7) is 1.48. The first-order valence-electron chi connectivity index (χ1n) is 7.33. The van der Waals surface area contributed by atoms with Crippen molar-refractivity contribution in [3.63, 3.8) is 0 Å². The van der Waals surface area contributed by atoms with E-state index in [0.717, 1.165) is 17.1 Å². The number of rotatable bonds is 5. The number of benzene rings is 1. The van der Waals surface area contributed by atoms with Crippen LogP contribution in [0.1, 0.15) is 6.92 Å². The lowest BCUT2D eigenvalue weighted by atomic mass is 10.2. The maximum atomic E-state index is 11.0. The van der Waals surface area contributed by atoms with Crippen molar-refractivity contribution in [3.05, 3.63) is 61.2 Å². The van der Waals surface area contributed by atoms with Gasteiger partial charge in [0.1, 0.15) is 18.0 Å². The summed E-state index contributed by atoms with van der Waals surface area (Å²) in [5.74, 6) is 1.24. The molecule has 0 unspecified atom stereocenters. The number of hydrogen-bond donors (Lipinski definition) is 3. The molecule has 0 aliphatic heterocycles. The largest absolute Gasteiger partial charge is 0.340 e. The van der Waals surface area contributed by atoms with Crippen LogP contribution < -0.4 is 16.0 Å². The van der Waals surface area contributed by atoms with Crippen LogP contribution in [-0.4, -0.2) is 20.9 Å². The Morgan fingerprint density at radius 1 is 0.833 bits per heavy atom. The predicted molar refractivity (Wildman–Crippen MR) is 93.6 cm³/mol. The van der Waals surface area contributed by atoms with Crippen LogP contribution in [0.3, 0.4) is 0 Å². The van der Waals surface area contributed by atoms with Gasteiger partial charge in [-0.1, -0.05) is 0 Å². The Balaban J connectivity index is 1.69. The first-order valence-corrected chi connectivity index (χ1v) is 7.33. The molecule has 2 heterocycles. The van der Waals surface area contributed by atoms with Gasteiger partial charge in [0.15, 0.2) is 0 Å². The zero-order valence-corrected chi connectivity index (χ0v) is 13.0. The Labute approximate surface area is 139 Å². The molecule has 7 nitrogen and oxygen atoms in total. The number of carbonyl (C=O) groups excluding carboxylic acids is 1. The Morgan fingerprint density at radius 2 is 1.38 bits per heavy atom. The third-order valence-electron chi connectivity index (χ3n) is 3.10. The Hall–Kier alpha value is -3.48. The highest BCUT2D eigenvalue weighted by molar-refractivity contribution is 5.88. The molecule has 2 aromatic heterocycles. The lowest BCUT2D eigenvalue weighted by molar-refractivity contribution is -0.114. The van der Waals surface area contributed by atoms with Crippen LogP contribution in [0.15, 0.2) is 61.2 Å². The molecule has 0 saturated heterocycles. The van der Waals surface area contributed by atoms with Crippen LogP contribution in [0.4, 0.5) is 28.7 Å². The molecule has 120 valence electrons. The van der Waals surface area contributed by atoms with Crippen LogP contribution in [-0.2, 0) is 4.79 Å². The molecular weight excluding hydrogens is 304 g/mol. The van der Waals surface area contributed by atoms with E-state index in [2.05, 4.69) is 30.9 Å². The predicted octanol–water partition coefficient (Wildman–Crippen LogP) is 3.32. The quantitative estimate of drug-likeness (QED) is 0.668. The van der Waals surface area contributed by atoms with E-state index in [4.69, 9.17) is 0 Å². The second-order valence-corrected chi connectivity index (χ2v) is 5.03. The first-order chi connectivity index (χ1) is 11.7. The molecule has 1 aromatic carbocycles. The number of nitrogens with one attached hydrogen (secondary N) is 3. The average Bonchev–Trinajstić information content (AvgIpc) is 2.57. The van der Waals surface area contributed by atoms with Gasteiger partial charge in [0.2, 0.25) is 5.91 Å².